The van der Waals surface area contributed by atoms with E-state index in [0.717, 1.165) is 19.3 Å². The van der Waals surface area contributed by atoms with Crippen LogP contribution >= 0.6 is 11.6 Å². The van der Waals surface area contributed by atoms with Gasteiger partial charge >= 0.3 is 0 Å². The minimum Gasteiger partial charge on any atom is -0.482 e. The van der Waals surface area contributed by atoms with Crippen LogP contribution in [0.1, 0.15) is 59.0 Å². The number of rotatable bonds is 6. The number of nitrogens with one attached hydrogen (secondary N) is 3. The van der Waals surface area contributed by atoms with Crippen LogP contribution in [0.4, 0.5) is 0 Å². The Morgan fingerprint density at radius 1 is 1.35 bits per heavy atom. The number of halogens is 1. The maximum Gasteiger partial charge on any atom is 0.271 e. The number of pyridine rings is 1. The smallest absolute Gasteiger partial charge is 0.271 e. The lowest BCUT2D eigenvalue weighted by Crippen LogP contribution is -2.39. The third-order valence-electron chi connectivity index (χ3n) is 4.39. The van der Waals surface area contributed by atoms with Gasteiger partial charge < -0.3 is 20.4 Å². The van der Waals surface area contributed by atoms with Crippen LogP contribution in [-0.4, -0.2) is 34.9 Å². The molecule has 8 heteroatoms. The van der Waals surface area contributed by atoms with E-state index in [0.29, 0.717) is 22.2 Å². The predicted molar refractivity (Wildman–Crippen MR) is 97.6 cm³/mol. The third kappa shape index (κ3) is 3.99. The minimum absolute atomic E-state index is 0.201. The largest absolute Gasteiger partial charge is 0.482 e. The lowest BCUT2D eigenvalue weighted by molar-refractivity contribution is 0.0912. The monoisotopic (exact) mass is 376 g/mol. The summed E-state index contributed by atoms with van der Waals surface area (Å²) in [4.78, 5) is 31.6. The molecule has 2 aromatic heterocycles. The first-order chi connectivity index (χ1) is 12.5. The quantitative estimate of drug-likeness (QED) is 0.722. The van der Waals surface area contributed by atoms with Crippen LogP contribution in [0.15, 0.2) is 24.4 Å². The molecule has 138 valence electrons. The molecule has 1 aliphatic rings. The number of carbonyl (C=O) groups excluding carboxylic acids is 2. The van der Waals surface area contributed by atoms with Gasteiger partial charge in [0, 0.05) is 25.4 Å². The van der Waals surface area contributed by atoms with Crippen molar-refractivity contribution in [2.75, 3.05) is 7.05 Å². The van der Waals surface area contributed by atoms with Gasteiger partial charge in [0.05, 0.1) is 10.7 Å². The molecular weight excluding hydrogens is 356 g/mol. The first-order valence-electron chi connectivity index (χ1n) is 8.52. The van der Waals surface area contributed by atoms with Crippen molar-refractivity contribution in [3.8, 4) is 5.75 Å². The van der Waals surface area contributed by atoms with Gasteiger partial charge in [-0.15, -0.1) is 0 Å². The fourth-order valence-corrected chi connectivity index (χ4v) is 2.75. The zero-order chi connectivity index (χ0) is 18.7. The van der Waals surface area contributed by atoms with Gasteiger partial charge in [0.1, 0.15) is 17.5 Å². The molecule has 0 aliphatic heterocycles. The molecule has 1 atom stereocenters. The van der Waals surface area contributed by atoms with Gasteiger partial charge in [0.25, 0.3) is 11.8 Å². The molecule has 2 heterocycles. The lowest BCUT2D eigenvalue weighted by atomic mass is 9.93. The number of ether oxygens (including phenoxy) is 1. The summed E-state index contributed by atoms with van der Waals surface area (Å²) < 4.78 is 5.89. The van der Waals surface area contributed by atoms with Gasteiger partial charge in [-0.25, -0.2) is 0 Å². The number of aromatic amines is 1. The number of amides is 2. The molecule has 0 bridgehead atoms. The lowest BCUT2D eigenvalue weighted by Gasteiger charge is -2.25. The number of nitrogens with zero attached hydrogens (tertiary/aromatic N) is 1. The Hall–Kier alpha value is -2.54. The Bertz CT molecular complexity index is 799. The van der Waals surface area contributed by atoms with E-state index in [2.05, 4.69) is 20.6 Å². The average Bonchev–Trinajstić information content (AvgIpc) is 3.01. The molecule has 2 aromatic rings. The second-order valence-electron chi connectivity index (χ2n) is 6.26. The second-order valence-corrected chi connectivity index (χ2v) is 6.70. The van der Waals surface area contributed by atoms with Crippen LogP contribution in [-0.2, 0) is 0 Å². The van der Waals surface area contributed by atoms with Gasteiger partial charge in [0.15, 0.2) is 5.75 Å². The molecule has 26 heavy (non-hydrogen) atoms. The summed E-state index contributed by atoms with van der Waals surface area (Å²) in [7, 11) is 1.52. The van der Waals surface area contributed by atoms with E-state index < -0.39 is 6.10 Å². The molecule has 7 nitrogen and oxygen atoms in total. The molecule has 0 saturated heterocycles. The summed E-state index contributed by atoms with van der Waals surface area (Å²) in [6, 6.07) is 5.22. The number of hydrogen-bond donors (Lipinski definition) is 3. The van der Waals surface area contributed by atoms with Crippen LogP contribution in [0.5, 0.6) is 5.75 Å². The molecule has 0 radical (unpaired) electrons. The topological polar surface area (TPSA) is 96.1 Å². The Labute approximate surface area is 156 Å². The molecule has 0 aromatic carbocycles. The van der Waals surface area contributed by atoms with Gasteiger partial charge in [-0.05, 0) is 38.3 Å². The third-order valence-corrected chi connectivity index (χ3v) is 4.61. The highest BCUT2D eigenvalue weighted by Crippen LogP contribution is 2.27. The van der Waals surface area contributed by atoms with Crippen molar-refractivity contribution >= 4 is 23.4 Å². The zero-order valence-corrected chi connectivity index (χ0v) is 15.4. The van der Waals surface area contributed by atoms with Crippen molar-refractivity contribution in [3.63, 3.8) is 0 Å². The fourth-order valence-electron chi connectivity index (χ4n) is 2.64. The highest BCUT2D eigenvalue weighted by molar-refractivity contribution is 6.30. The molecule has 3 N–H and O–H groups in total. The Kier molecular flexibility index (Phi) is 5.46. The fraction of sp³-hybridized carbons (Fsp3) is 0.389. The van der Waals surface area contributed by atoms with Gasteiger partial charge in [-0.1, -0.05) is 11.6 Å². The standard InChI is InChI=1S/C18H21ClN4O3/c1-10(13-7-6-11(19)9-21-13)26-15-8-14(23-16(15)18(25)20-2)17(24)22-12-4-3-5-12/h6-10,12,23H,3-5H2,1-2H3,(H,20,25)(H,22,24). The minimum atomic E-state index is -0.422. The average molecular weight is 377 g/mol. The van der Waals surface area contributed by atoms with Gasteiger partial charge in [-0.3, -0.25) is 14.6 Å². The maximum atomic E-state index is 12.4. The van der Waals surface area contributed by atoms with Crippen molar-refractivity contribution in [3.05, 3.63) is 46.5 Å². The van der Waals surface area contributed by atoms with Crippen molar-refractivity contribution < 1.29 is 14.3 Å². The van der Waals surface area contributed by atoms with E-state index >= 15 is 0 Å². The van der Waals surface area contributed by atoms with Crippen molar-refractivity contribution in [1.82, 2.24) is 20.6 Å². The zero-order valence-electron chi connectivity index (χ0n) is 14.6. The van der Waals surface area contributed by atoms with E-state index in [9.17, 15) is 9.59 Å². The normalized spacial score (nSPS) is 15.0. The van der Waals surface area contributed by atoms with E-state index in [-0.39, 0.29) is 23.6 Å². The van der Waals surface area contributed by atoms with E-state index in [1.807, 2.05) is 6.92 Å². The van der Waals surface area contributed by atoms with Crippen LogP contribution in [0.2, 0.25) is 5.02 Å². The molecular formula is C18H21ClN4O3. The highest BCUT2D eigenvalue weighted by Gasteiger charge is 2.25. The van der Waals surface area contributed by atoms with Gasteiger partial charge in [-0.2, -0.15) is 0 Å². The van der Waals surface area contributed by atoms with Crippen molar-refractivity contribution in [1.29, 1.82) is 0 Å². The van der Waals surface area contributed by atoms with Crippen molar-refractivity contribution in [2.45, 2.75) is 38.3 Å². The molecule has 1 fully saturated rings. The maximum absolute atomic E-state index is 12.4. The van der Waals surface area contributed by atoms with E-state index in [1.165, 1.54) is 13.2 Å². The molecule has 2 amide bonds. The number of aromatic nitrogens is 2. The molecule has 1 unspecified atom stereocenters. The number of carbonyl (C=O) groups is 2. The summed E-state index contributed by atoms with van der Waals surface area (Å²) in [5.74, 6) is -0.307. The Balaban J connectivity index is 1.80. The van der Waals surface area contributed by atoms with E-state index in [4.69, 9.17) is 16.3 Å². The van der Waals surface area contributed by atoms with Crippen LogP contribution in [0.3, 0.4) is 0 Å². The number of hydrogen-bond acceptors (Lipinski definition) is 4. The highest BCUT2D eigenvalue weighted by atomic mass is 35.5. The second kappa shape index (κ2) is 7.78. The SMILES string of the molecule is CNC(=O)c1[nH]c(C(=O)NC2CCC2)cc1OC(C)c1ccc(Cl)cn1. The summed E-state index contributed by atoms with van der Waals surface area (Å²) in [6.07, 6.45) is 4.20. The Morgan fingerprint density at radius 2 is 2.12 bits per heavy atom. The first kappa shape index (κ1) is 18.3. The Morgan fingerprint density at radius 3 is 2.69 bits per heavy atom. The summed E-state index contributed by atoms with van der Waals surface area (Å²) >= 11 is 5.85. The first-order valence-corrected chi connectivity index (χ1v) is 8.89. The predicted octanol–water partition coefficient (Wildman–Crippen LogP) is 2.85. The van der Waals surface area contributed by atoms with Crippen LogP contribution < -0.4 is 15.4 Å². The number of H-pyrrole nitrogens is 1. The van der Waals surface area contributed by atoms with Crippen molar-refractivity contribution in [2.24, 2.45) is 0 Å². The molecule has 0 spiro atoms. The van der Waals surface area contributed by atoms with Crippen LogP contribution in [0, 0.1) is 0 Å². The van der Waals surface area contributed by atoms with E-state index in [1.54, 1.807) is 18.2 Å². The summed E-state index contributed by atoms with van der Waals surface area (Å²) in [6.45, 7) is 1.81. The molecule has 1 aliphatic carbocycles. The molecule has 1 saturated carbocycles. The summed E-state index contributed by atoms with van der Waals surface area (Å²) in [5.41, 5.74) is 1.16. The molecule has 3 rings (SSSR count). The van der Waals surface area contributed by atoms with Gasteiger partial charge in [0.2, 0.25) is 0 Å². The summed E-state index contributed by atoms with van der Waals surface area (Å²) in [5, 5.41) is 6.01. The van der Waals surface area contributed by atoms with Crippen LogP contribution in [0.25, 0.3) is 0 Å².